The predicted octanol–water partition coefficient (Wildman–Crippen LogP) is 1.46. The molecule has 2 amide bonds. The zero-order valence-electron chi connectivity index (χ0n) is 13.0. The summed E-state index contributed by atoms with van der Waals surface area (Å²) in [5.74, 6) is 0.0625. The molecule has 0 aromatic carbocycles. The largest absolute Gasteiger partial charge is 0.377 e. The third-order valence-electron chi connectivity index (χ3n) is 4.66. The fourth-order valence-electron chi connectivity index (χ4n) is 3.31. The van der Waals surface area contributed by atoms with Crippen molar-refractivity contribution in [3.8, 4) is 0 Å². The summed E-state index contributed by atoms with van der Waals surface area (Å²) in [5, 5.41) is 3.01. The molecular weight excluding hydrogens is 256 g/mol. The molecule has 5 nitrogen and oxygen atoms in total. The smallest absolute Gasteiger partial charge is 0.249 e. The third kappa shape index (κ3) is 2.55. The van der Waals surface area contributed by atoms with Crippen LogP contribution < -0.4 is 5.32 Å². The van der Waals surface area contributed by atoms with Crippen molar-refractivity contribution in [2.75, 3.05) is 13.7 Å². The molecule has 1 spiro atoms. The lowest BCUT2D eigenvalue weighted by Gasteiger charge is -2.46. The van der Waals surface area contributed by atoms with Gasteiger partial charge in [-0.25, -0.2) is 0 Å². The summed E-state index contributed by atoms with van der Waals surface area (Å²) < 4.78 is 5.44. The minimum atomic E-state index is -0.646. The summed E-state index contributed by atoms with van der Waals surface area (Å²) in [6.45, 7) is 6.29. The van der Waals surface area contributed by atoms with Crippen LogP contribution in [0.4, 0.5) is 0 Å². The Morgan fingerprint density at radius 2 is 1.95 bits per heavy atom. The lowest BCUT2D eigenvalue weighted by Crippen LogP contribution is -2.70. The Bertz CT molecular complexity index is 400. The number of nitrogens with one attached hydrogen (secondary N) is 1. The Morgan fingerprint density at radius 1 is 1.35 bits per heavy atom. The van der Waals surface area contributed by atoms with E-state index in [4.69, 9.17) is 4.74 Å². The second kappa shape index (κ2) is 5.35. The maximum absolute atomic E-state index is 12.9. The molecule has 2 fully saturated rings. The average Bonchev–Trinajstić information content (AvgIpc) is 2.85. The van der Waals surface area contributed by atoms with Gasteiger partial charge in [0.1, 0.15) is 11.6 Å². The molecule has 1 aliphatic carbocycles. The SMILES string of the molecule is CCC1C(=O)NC2(CCCC2)C(=O)N1CC(C)(C)OC. The number of hydrogen-bond donors (Lipinski definition) is 1. The van der Waals surface area contributed by atoms with Crippen LogP contribution in [0, 0.1) is 0 Å². The van der Waals surface area contributed by atoms with Crippen LogP contribution in [0.1, 0.15) is 52.9 Å². The summed E-state index contributed by atoms with van der Waals surface area (Å²) in [6, 6.07) is -0.372. The maximum atomic E-state index is 12.9. The van der Waals surface area contributed by atoms with Gasteiger partial charge in [-0.3, -0.25) is 9.59 Å². The highest BCUT2D eigenvalue weighted by atomic mass is 16.5. The molecule has 0 radical (unpaired) electrons. The molecule has 20 heavy (non-hydrogen) atoms. The summed E-state index contributed by atoms with van der Waals surface area (Å²) in [4.78, 5) is 27.0. The molecule has 1 N–H and O–H groups in total. The van der Waals surface area contributed by atoms with E-state index in [-0.39, 0.29) is 17.9 Å². The van der Waals surface area contributed by atoms with Crippen LogP contribution in [-0.4, -0.2) is 47.6 Å². The van der Waals surface area contributed by atoms with Gasteiger partial charge in [0.2, 0.25) is 11.8 Å². The van der Waals surface area contributed by atoms with Gasteiger partial charge in [0.25, 0.3) is 0 Å². The number of nitrogens with zero attached hydrogens (tertiary/aromatic N) is 1. The molecule has 1 aliphatic heterocycles. The first-order valence-electron chi connectivity index (χ1n) is 7.53. The van der Waals surface area contributed by atoms with Crippen molar-refractivity contribution < 1.29 is 14.3 Å². The summed E-state index contributed by atoms with van der Waals surface area (Å²) in [7, 11) is 1.64. The first-order valence-corrected chi connectivity index (χ1v) is 7.53. The van der Waals surface area contributed by atoms with E-state index in [1.54, 1.807) is 12.0 Å². The van der Waals surface area contributed by atoms with Gasteiger partial charge in [-0.15, -0.1) is 0 Å². The van der Waals surface area contributed by atoms with Gasteiger partial charge in [-0.1, -0.05) is 19.8 Å². The van der Waals surface area contributed by atoms with Crippen LogP contribution in [0.2, 0.25) is 0 Å². The molecule has 114 valence electrons. The van der Waals surface area contributed by atoms with Crippen LogP contribution in [0.25, 0.3) is 0 Å². The zero-order valence-corrected chi connectivity index (χ0v) is 13.0. The molecule has 2 aliphatic rings. The normalized spacial score (nSPS) is 26.2. The van der Waals surface area contributed by atoms with E-state index in [9.17, 15) is 9.59 Å². The van der Waals surface area contributed by atoms with Crippen molar-refractivity contribution in [3.05, 3.63) is 0 Å². The molecule has 0 aromatic rings. The quantitative estimate of drug-likeness (QED) is 0.849. The summed E-state index contributed by atoms with van der Waals surface area (Å²) in [6.07, 6.45) is 4.16. The van der Waals surface area contributed by atoms with Crippen molar-refractivity contribution in [3.63, 3.8) is 0 Å². The van der Waals surface area contributed by atoms with Crippen LogP contribution >= 0.6 is 0 Å². The molecule has 2 rings (SSSR count). The van der Waals surface area contributed by atoms with Gasteiger partial charge in [-0.2, -0.15) is 0 Å². The minimum Gasteiger partial charge on any atom is -0.377 e. The topological polar surface area (TPSA) is 58.6 Å². The highest BCUT2D eigenvalue weighted by Gasteiger charge is 2.52. The number of piperazine rings is 1. The van der Waals surface area contributed by atoms with E-state index in [1.807, 2.05) is 20.8 Å². The minimum absolute atomic E-state index is 0.0131. The van der Waals surface area contributed by atoms with Crippen molar-refractivity contribution in [2.24, 2.45) is 0 Å². The Balaban J connectivity index is 2.28. The number of carbonyl (C=O) groups excluding carboxylic acids is 2. The van der Waals surface area contributed by atoms with Crippen molar-refractivity contribution in [1.82, 2.24) is 10.2 Å². The molecule has 1 atom stereocenters. The van der Waals surface area contributed by atoms with Crippen LogP contribution in [0.5, 0.6) is 0 Å². The molecule has 1 heterocycles. The van der Waals surface area contributed by atoms with E-state index >= 15 is 0 Å². The fourth-order valence-corrected chi connectivity index (χ4v) is 3.31. The number of amides is 2. The van der Waals surface area contributed by atoms with Gasteiger partial charge in [0.05, 0.1) is 12.1 Å². The third-order valence-corrected chi connectivity index (χ3v) is 4.66. The number of ether oxygens (including phenoxy) is 1. The van der Waals surface area contributed by atoms with Crippen molar-refractivity contribution in [2.45, 2.75) is 70.1 Å². The van der Waals surface area contributed by atoms with Crippen molar-refractivity contribution >= 4 is 11.8 Å². The Labute approximate surface area is 121 Å². The predicted molar refractivity (Wildman–Crippen MR) is 76.2 cm³/mol. The molecule has 1 unspecified atom stereocenters. The second-order valence-corrected chi connectivity index (χ2v) is 6.60. The Kier molecular flexibility index (Phi) is 4.09. The van der Waals surface area contributed by atoms with E-state index in [0.717, 1.165) is 25.7 Å². The summed E-state index contributed by atoms with van der Waals surface area (Å²) >= 11 is 0. The Hall–Kier alpha value is -1.10. The van der Waals surface area contributed by atoms with Gasteiger partial charge >= 0.3 is 0 Å². The van der Waals surface area contributed by atoms with Crippen LogP contribution in [0.3, 0.4) is 0 Å². The number of methoxy groups -OCH3 is 1. The van der Waals surface area contributed by atoms with E-state index < -0.39 is 11.1 Å². The van der Waals surface area contributed by atoms with Gasteiger partial charge in [0, 0.05) is 7.11 Å². The highest BCUT2D eigenvalue weighted by Crippen LogP contribution is 2.35. The molecular formula is C15H26N2O3. The number of rotatable bonds is 4. The van der Waals surface area contributed by atoms with Gasteiger partial charge in [-0.05, 0) is 33.1 Å². The molecule has 1 saturated heterocycles. The molecule has 5 heteroatoms. The van der Waals surface area contributed by atoms with Crippen molar-refractivity contribution in [1.29, 1.82) is 0 Å². The monoisotopic (exact) mass is 282 g/mol. The second-order valence-electron chi connectivity index (χ2n) is 6.60. The zero-order chi connectivity index (χ0) is 15.0. The standard InChI is InChI=1S/C15H26N2O3/c1-5-11-12(18)16-15(8-6-7-9-15)13(19)17(11)10-14(2,3)20-4/h11H,5-10H2,1-4H3,(H,16,18). The average molecular weight is 282 g/mol. The van der Waals surface area contributed by atoms with Gasteiger partial charge < -0.3 is 15.0 Å². The lowest BCUT2D eigenvalue weighted by atomic mass is 9.89. The van der Waals surface area contributed by atoms with E-state index in [1.165, 1.54) is 0 Å². The van der Waals surface area contributed by atoms with E-state index in [0.29, 0.717) is 13.0 Å². The maximum Gasteiger partial charge on any atom is 0.249 e. The first kappa shape index (κ1) is 15.3. The number of carbonyl (C=O) groups is 2. The highest BCUT2D eigenvalue weighted by molar-refractivity contribution is 6.00. The molecule has 0 bridgehead atoms. The molecule has 1 saturated carbocycles. The lowest BCUT2D eigenvalue weighted by molar-refractivity contribution is -0.159. The van der Waals surface area contributed by atoms with Gasteiger partial charge in [0.15, 0.2) is 0 Å². The fraction of sp³-hybridized carbons (Fsp3) is 0.867. The number of hydrogen-bond acceptors (Lipinski definition) is 3. The first-order chi connectivity index (χ1) is 9.35. The van der Waals surface area contributed by atoms with Crippen LogP contribution in [-0.2, 0) is 14.3 Å². The Morgan fingerprint density at radius 3 is 2.45 bits per heavy atom. The van der Waals surface area contributed by atoms with E-state index in [2.05, 4.69) is 5.32 Å². The summed E-state index contributed by atoms with van der Waals surface area (Å²) in [5.41, 5.74) is -1.09. The van der Waals surface area contributed by atoms with Crippen LogP contribution in [0.15, 0.2) is 0 Å². The molecule has 0 aromatic heterocycles.